The molecular formula is C12H17HgN2O. The van der Waals surface area contributed by atoms with E-state index in [1.165, 1.54) is 0 Å². The van der Waals surface area contributed by atoms with Crippen LogP contribution in [0.15, 0.2) is 35.4 Å². The number of hydrogen-bond donors (Lipinski definition) is 0. The number of nitrogens with zero attached hydrogens (tertiary/aromatic N) is 2. The molecule has 0 unspecified atom stereocenters. The van der Waals surface area contributed by atoms with Crippen molar-refractivity contribution >= 4 is 10.9 Å². The molecule has 0 fully saturated rings. The van der Waals surface area contributed by atoms with Gasteiger partial charge in [-0.05, 0) is 0 Å². The van der Waals surface area contributed by atoms with Crippen molar-refractivity contribution in [3.63, 3.8) is 0 Å². The van der Waals surface area contributed by atoms with Crippen molar-refractivity contribution in [3.05, 3.63) is 40.9 Å². The average Bonchev–Trinajstić information content (AvgIpc) is 2.39. The summed E-state index contributed by atoms with van der Waals surface area (Å²) in [7, 11) is 0. The predicted molar refractivity (Wildman–Crippen MR) is 64.1 cm³/mol. The quantitative estimate of drug-likeness (QED) is 0.632. The van der Waals surface area contributed by atoms with Gasteiger partial charge in [0.15, 0.2) is 0 Å². The third kappa shape index (κ3) is 3.70. The number of hydrogen-bond acceptors (Lipinski definition) is 2. The van der Waals surface area contributed by atoms with Crippen molar-refractivity contribution in [3.8, 4) is 0 Å². The van der Waals surface area contributed by atoms with E-state index < -0.39 is 0 Å². The van der Waals surface area contributed by atoms with Crippen molar-refractivity contribution in [2.45, 2.75) is 27.7 Å². The fraction of sp³-hybridized carbons (Fsp3) is 0.333. The van der Waals surface area contributed by atoms with E-state index in [9.17, 15) is 4.79 Å². The number of fused-ring (bicyclic) bond motifs is 1. The third-order valence-electron chi connectivity index (χ3n) is 1.73. The average molecular weight is 406 g/mol. The molecule has 16 heavy (non-hydrogen) atoms. The van der Waals surface area contributed by atoms with E-state index in [2.05, 4.69) is 4.98 Å². The summed E-state index contributed by atoms with van der Waals surface area (Å²) in [6, 6.07) is 7.41. The molecule has 1 aromatic heterocycles. The van der Waals surface area contributed by atoms with Gasteiger partial charge in [-0.15, -0.1) is 0 Å². The summed E-state index contributed by atoms with van der Waals surface area (Å²) >= 11 is 0.284. The van der Waals surface area contributed by atoms with Gasteiger partial charge in [-0.2, -0.15) is 0 Å². The van der Waals surface area contributed by atoms with Gasteiger partial charge in [-0.25, -0.2) is 0 Å². The molecule has 0 aliphatic heterocycles. The monoisotopic (exact) mass is 407 g/mol. The maximum atomic E-state index is 11.5. The molecule has 0 N–H and O–H groups in total. The molecule has 3 nitrogen and oxygen atoms in total. The Labute approximate surface area is 113 Å². The molecule has 0 saturated carbocycles. The Kier molecular flexibility index (Phi) is 8.08. The zero-order valence-electron chi connectivity index (χ0n) is 10.4. The van der Waals surface area contributed by atoms with Gasteiger partial charge in [0.25, 0.3) is 0 Å². The van der Waals surface area contributed by atoms with Crippen LogP contribution in [0.4, 0.5) is 0 Å². The van der Waals surface area contributed by atoms with E-state index in [-0.39, 0.29) is 32.0 Å². The summed E-state index contributed by atoms with van der Waals surface area (Å²) < 4.78 is 1.67. The van der Waals surface area contributed by atoms with Crippen LogP contribution in [0.5, 0.6) is 0 Å². The van der Waals surface area contributed by atoms with Crippen molar-refractivity contribution in [2.24, 2.45) is 0 Å². The second-order valence-corrected chi connectivity index (χ2v) is 5.19. The summed E-state index contributed by atoms with van der Waals surface area (Å²) in [5.74, 6) is 0. The molecule has 0 bridgehead atoms. The molecule has 2 aromatic rings. The van der Waals surface area contributed by atoms with Gasteiger partial charge in [0, 0.05) is 0 Å². The molecule has 0 amide bonds. The molecule has 0 spiro atoms. The van der Waals surface area contributed by atoms with Gasteiger partial charge in [-0.1, -0.05) is 27.7 Å². The number of benzene rings is 1. The normalized spacial score (nSPS) is 8.62. The van der Waals surface area contributed by atoms with E-state index in [0.29, 0.717) is 0 Å². The summed E-state index contributed by atoms with van der Waals surface area (Å²) in [5.41, 5.74) is 0.869. The van der Waals surface area contributed by atoms with E-state index in [1.807, 2.05) is 52.0 Å². The Balaban J connectivity index is 0.000000509. The van der Waals surface area contributed by atoms with Gasteiger partial charge in [0.05, 0.1) is 0 Å². The second-order valence-electron chi connectivity index (χ2n) is 2.54. The summed E-state index contributed by atoms with van der Waals surface area (Å²) in [6.45, 7) is 8.00. The molecule has 0 atom stereocenters. The molecule has 83 valence electrons. The third-order valence-corrected chi connectivity index (χ3v) is 3.48. The molecule has 4 heteroatoms. The van der Waals surface area contributed by atoms with Crippen molar-refractivity contribution in [1.82, 2.24) is 7.32 Å². The standard InChI is InChI=1S/C8H6N2O.2C2H6.Hg/c11-8-6-3-1-2-4-7(6)9-5-10-8;2*1-2;/h1-5H,(H,9,10,11);2*1-2H3;/q;;;+1/p-1. The van der Waals surface area contributed by atoms with Crippen LogP contribution in [0.2, 0.25) is 0 Å². The predicted octanol–water partition coefficient (Wildman–Crippen LogP) is 2.76. The number of para-hydroxylation sites is 1. The second kappa shape index (κ2) is 8.45. The molecule has 0 aliphatic rings. The van der Waals surface area contributed by atoms with Crippen LogP contribution in [-0.4, -0.2) is 7.32 Å². The Hall–Kier alpha value is -0.705. The van der Waals surface area contributed by atoms with E-state index >= 15 is 0 Å². The molecule has 1 heterocycles. The summed E-state index contributed by atoms with van der Waals surface area (Å²) in [5, 5.41) is 0.718. The van der Waals surface area contributed by atoms with Gasteiger partial charge in [0.1, 0.15) is 0 Å². The Bertz CT molecular complexity index is 480. The molecule has 1 aromatic carbocycles. The zero-order valence-corrected chi connectivity index (χ0v) is 15.9. The Morgan fingerprint density at radius 2 is 1.69 bits per heavy atom. The van der Waals surface area contributed by atoms with E-state index in [1.54, 1.807) is 8.66 Å². The van der Waals surface area contributed by atoms with Crippen molar-refractivity contribution in [2.75, 3.05) is 0 Å². The summed E-state index contributed by atoms with van der Waals surface area (Å²) in [6.07, 6.45) is 1.62. The molecule has 0 saturated heterocycles. The minimum atomic E-state index is 0.0870. The maximum absolute atomic E-state index is 11.5. The van der Waals surface area contributed by atoms with Crippen LogP contribution < -0.4 is 5.56 Å². The van der Waals surface area contributed by atoms with Crippen LogP contribution >= 0.6 is 0 Å². The minimum absolute atomic E-state index is 0.0870. The first-order chi connectivity index (χ1) is 7.79. The van der Waals surface area contributed by atoms with Gasteiger partial charge >= 0.3 is 85.6 Å². The van der Waals surface area contributed by atoms with Crippen LogP contribution in [0.1, 0.15) is 27.7 Å². The fourth-order valence-electron chi connectivity index (χ4n) is 1.11. The molecular weight excluding hydrogens is 389 g/mol. The first-order valence-corrected chi connectivity index (χ1v) is 8.02. The first-order valence-electron chi connectivity index (χ1n) is 5.56. The molecule has 0 radical (unpaired) electrons. The van der Waals surface area contributed by atoms with Gasteiger partial charge in [-0.3, -0.25) is 0 Å². The van der Waals surface area contributed by atoms with Crippen LogP contribution in [0, 0.1) is 0 Å². The van der Waals surface area contributed by atoms with E-state index in [0.717, 1.165) is 10.9 Å². The Morgan fingerprint density at radius 3 is 2.31 bits per heavy atom. The molecule has 0 aliphatic carbocycles. The van der Waals surface area contributed by atoms with Crippen molar-refractivity contribution in [1.29, 1.82) is 0 Å². The van der Waals surface area contributed by atoms with E-state index in [4.69, 9.17) is 0 Å². The summed E-state index contributed by atoms with van der Waals surface area (Å²) in [4.78, 5) is 15.7. The first kappa shape index (κ1) is 15.3. The number of rotatable bonds is 0. The molecule has 2 rings (SSSR count). The topological polar surface area (TPSA) is 34.9 Å². The Morgan fingerprint density at radius 1 is 1.12 bits per heavy atom. The van der Waals surface area contributed by atoms with Crippen LogP contribution in [-0.2, 0) is 26.4 Å². The SMILES string of the molecule is CC.CC.O=c1c2ccccc2nc[n]1[Hg]. The van der Waals surface area contributed by atoms with Crippen LogP contribution in [0.25, 0.3) is 10.9 Å². The van der Waals surface area contributed by atoms with Crippen LogP contribution in [0.3, 0.4) is 0 Å². The van der Waals surface area contributed by atoms with Crippen molar-refractivity contribution < 1.29 is 26.4 Å². The fourth-order valence-corrected chi connectivity index (χ4v) is 2.09. The number of aromatic nitrogens is 2. The van der Waals surface area contributed by atoms with Gasteiger partial charge < -0.3 is 0 Å². The zero-order chi connectivity index (χ0) is 12.6. The van der Waals surface area contributed by atoms with Gasteiger partial charge in [0.2, 0.25) is 0 Å².